The van der Waals surface area contributed by atoms with Crippen LogP contribution in [-0.4, -0.2) is 37.1 Å². The van der Waals surface area contributed by atoms with E-state index in [1.54, 1.807) is 25.2 Å². The Balaban J connectivity index is 1.65. The quantitative estimate of drug-likeness (QED) is 0.446. The minimum Gasteiger partial charge on any atom is -0.273 e. The lowest BCUT2D eigenvalue weighted by Crippen LogP contribution is -2.44. The molecule has 3 aromatic rings. The smallest absolute Gasteiger partial charge is 0.248 e. The number of thiophene rings is 1. The standard InChI is InChI=1S/C21H28N6O2S2/c1-10(2)17-22-20-16(13-7-6-12(5)8-14(13)31-20)18-24-26-21(27(17)18)30-9-15(28)23-25-19(29)11(3)4/h10-12H,6-9H2,1-5H3,(H,23,28)(H,25,29)/t12-/m0/s1. The second-order valence-electron chi connectivity index (χ2n) is 8.78. The average Bonchev–Trinajstić information content (AvgIpc) is 3.29. The van der Waals surface area contributed by atoms with Gasteiger partial charge < -0.3 is 0 Å². The van der Waals surface area contributed by atoms with Gasteiger partial charge in [0.15, 0.2) is 10.8 Å². The maximum Gasteiger partial charge on any atom is 0.248 e. The van der Waals surface area contributed by atoms with Crippen molar-refractivity contribution >= 4 is 50.8 Å². The van der Waals surface area contributed by atoms with Crippen LogP contribution < -0.4 is 10.9 Å². The van der Waals surface area contributed by atoms with Crippen LogP contribution in [0, 0.1) is 11.8 Å². The Bertz CT molecular complexity index is 1150. The Hall–Kier alpha value is -2.20. The summed E-state index contributed by atoms with van der Waals surface area (Å²) in [6, 6.07) is 0. The molecule has 1 aliphatic rings. The highest BCUT2D eigenvalue weighted by Crippen LogP contribution is 2.40. The molecule has 2 N–H and O–H groups in total. The van der Waals surface area contributed by atoms with E-state index in [-0.39, 0.29) is 29.4 Å². The van der Waals surface area contributed by atoms with E-state index in [0.29, 0.717) is 11.1 Å². The number of nitrogens with zero attached hydrogens (tertiary/aromatic N) is 4. The summed E-state index contributed by atoms with van der Waals surface area (Å²) >= 11 is 3.08. The topological polar surface area (TPSA) is 101 Å². The van der Waals surface area contributed by atoms with Gasteiger partial charge in [-0.2, -0.15) is 0 Å². The van der Waals surface area contributed by atoms with Crippen molar-refractivity contribution < 1.29 is 9.59 Å². The SMILES string of the molecule is CC(C)C(=O)NNC(=O)CSc1nnc2c3c4c(sc3nc(C(C)C)n12)C[C@@H](C)CC4. The van der Waals surface area contributed by atoms with Crippen LogP contribution in [0.15, 0.2) is 5.16 Å². The number of carbonyl (C=O) groups excluding carboxylic acids is 2. The molecule has 166 valence electrons. The molecule has 1 aliphatic carbocycles. The van der Waals surface area contributed by atoms with Crippen molar-refractivity contribution in [2.45, 2.75) is 65.0 Å². The Morgan fingerprint density at radius 3 is 2.71 bits per heavy atom. The molecule has 0 unspecified atom stereocenters. The molecule has 0 aromatic carbocycles. The van der Waals surface area contributed by atoms with Gasteiger partial charge in [0.25, 0.3) is 0 Å². The lowest BCUT2D eigenvalue weighted by atomic mass is 9.89. The predicted molar refractivity (Wildman–Crippen MR) is 123 cm³/mol. The number of thioether (sulfide) groups is 1. The molecule has 0 aliphatic heterocycles. The summed E-state index contributed by atoms with van der Waals surface area (Å²) in [5.41, 5.74) is 7.08. The van der Waals surface area contributed by atoms with E-state index in [0.717, 1.165) is 34.5 Å². The fourth-order valence-corrected chi connectivity index (χ4v) is 5.89. The highest BCUT2D eigenvalue weighted by molar-refractivity contribution is 7.99. The molecule has 1 atom stereocenters. The molecule has 0 bridgehead atoms. The van der Waals surface area contributed by atoms with E-state index < -0.39 is 0 Å². The van der Waals surface area contributed by atoms with Crippen LogP contribution in [0.4, 0.5) is 0 Å². The molecular formula is C21H28N6O2S2. The molecule has 31 heavy (non-hydrogen) atoms. The van der Waals surface area contributed by atoms with Gasteiger partial charge in [-0.1, -0.05) is 46.4 Å². The van der Waals surface area contributed by atoms with Gasteiger partial charge in [-0.05, 0) is 30.7 Å². The summed E-state index contributed by atoms with van der Waals surface area (Å²) in [5, 5.41) is 10.7. The van der Waals surface area contributed by atoms with Crippen molar-refractivity contribution in [3.63, 3.8) is 0 Å². The molecule has 0 saturated carbocycles. The molecule has 0 spiro atoms. The van der Waals surface area contributed by atoms with Crippen LogP contribution in [0.2, 0.25) is 0 Å². The van der Waals surface area contributed by atoms with Gasteiger partial charge in [-0.15, -0.1) is 21.5 Å². The number of aryl methyl sites for hydroxylation is 1. The third-order valence-corrected chi connectivity index (χ3v) is 7.57. The summed E-state index contributed by atoms with van der Waals surface area (Å²) in [6.45, 7) is 10.0. The van der Waals surface area contributed by atoms with E-state index in [4.69, 9.17) is 4.98 Å². The first-order valence-electron chi connectivity index (χ1n) is 10.7. The highest BCUT2D eigenvalue weighted by atomic mass is 32.2. The molecular weight excluding hydrogens is 432 g/mol. The number of amides is 2. The Kier molecular flexibility index (Phi) is 6.20. The van der Waals surface area contributed by atoms with Crippen LogP contribution in [0.1, 0.15) is 63.2 Å². The normalized spacial score (nSPS) is 16.3. The lowest BCUT2D eigenvalue weighted by Gasteiger charge is -2.17. The molecule has 0 saturated heterocycles. The highest BCUT2D eigenvalue weighted by Gasteiger charge is 2.26. The second kappa shape index (κ2) is 8.74. The number of hydrogen-bond donors (Lipinski definition) is 2. The summed E-state index contributed by atoms with van der Waals surface area (Å²) in [7, 11) is 0. The van der Waals surface area contributed by atoms with Gasteiger partial charge in [0.05, 0.1) is 11.1 Å². The van der Waals surface area contributed by atoms with Crippen LogP contribution in [0.3, 0.4) is 0 Å². The molecule has 2 amide bonds. The van der Waals surface area contributed by atoms with Gasteiger partial charge in [0.1, 0.15) is 10.7 Å². The molecule has 0 radical (unpaired) electrons. The van der Waals surface area contributed by atoms with Crippen LogP contribution >= 0.6 is 23.1 Å². The Morgan fingerprint density at radius 1 is 1.23 bits per heavy atom. The van der Waals surface area contributed by atoms with Gasteiger partial charge in [-0.3, -0.25) is 24.8 Å². The fourth-order valence-electron chi connectivity index (χ4n) is 3.76. The fraction of sp³-hybridized carbons (Fsp3) is 0.571. The lowest BCUT2D eigenvalue weighted by molar-refractivity contribution is -0.129. The van der Waals surface area contributed by atoms with Crippen molar-refractivity contribution in [2.75, 3.05) is 5.75 Å². The Morgan fingerprint density at radius 2 is 2.00 bits per heavy atom. The number of aromatic nitrogens is 4. The minimum atomic E-state index is -0.294. The zero-order valence-corrected chi connectivity index (χ0v) is 20.1. The van der Waals surface area contributed by atoms with Gasteiger partial charge in [-0.25, -0.2) is 4.98 Å². The predicted octanol–water partition coefficient (Wildman–Crippen LogP) is 3.48. The summed E-state index contributed by atoms with van der Waals surface area (Å²) in [6.07, 6.45) is 3.31. The molecule has 8 nitrogen and oxygen atoms in total. The van der Waals surface area contributed by atoms with E-state index in [1.807, 2.05) is 4.40 Å². The second-order valence-corrected chi connectivity index (χ2v) is 10.8. The van der Waals surface area contributed by atoms with Gasteiger partial charge >= 0.3 is 0 Å². The molecule has 3 aromatic heterocycles. The third-order valence-electron chi connectivity index (χ3n) is 5.49. The number of rotatable bonds is 5. The summed E-state index contributed by atoms with van der Waals surface area (Å²) < 4.78 is 2.00. The maximum atomic E-state index is 12.2. The van der Waals surface area contributed by atoms with Crippen molar-refractivity contribution in [3.05, 3.63) is 16.3 Å². The van der Waals surface area contributed by atoms with Gasteiger partial charge in [0.2, 0.25) is 11.8 Å². The summed E-state index contributed by atoms with van der Waals surface area (Å²) in [4.78, 5) is 31.3. The monoisotopic (exact) mass is 460 g/mol. The first-order chi connectivity index (χ1) is 14.8. The van der Waals surface area contributed by atoms with Crippen molar-refractivity contribution in [3.8, 4) is 0 Å². The number of carbonyl (C=O) groups is 2. The summed E-state index contributed by atoms with van der Waals surface area (Å²) in [5.74, 6) is 1.17. The first kappa shape index (κ1) is 22.0. The largest absolute Gasteiger partial charge is 0.273 e. The molecule has 4 rings (SSSR count). The van der Waals surface area contributed by atoms with E-state index in [9.17, 15) is 9.59 Å². The van der Waals surface area contributed by atoms with Crippen molar-refractivity contribution in [1.29, 1.82) is 0 Å². The van der Waals surface area contributed by atoms with Gasteiger partial charge in [0, 0.05) is 16.7 Å². The average molecular weight is 461 g/mol. The third kappa shape index (κ3) is 4.27. The molecule has 0 fully saturated rings. The number of hydrazine groups is 1. The van der Waals surface area contributed by atoms with Crippen molar-refractivity contribution in [1.82, 2.24) is 30.4 Å². The van der Waals surface area contributed by atoms with E-state index >= 15 is 0 Å². The number of hydrogen-bond acceptors (Lipinski definition) is 7. The van der Waals surface area contributed by atoms with Crippen LogP contribution in [-0.2, 0) is 22.4 Å². The first-order valence-corrected chi connectivity index (χ1v) is 12.5. The van der Waals surface area contributed by atoms with Crippen molar-refractivity contribution in [2.24, 2.45) is 11.8 Å². The number of fused-ring (bicyclic) bond motifs is 5. The minimum absolute atomic E-state index is 0.119. The van der Waals surface area contributed by atoms with Crippen LogP contribution in [0.5, 0.6) is 0 Å². The zero-order valence-electron chi connectivity index (χ0n) is 18.5. The molecule has 3 heterocycles. The van der Waals surface area contributed by atoms with E-state index in [2.05, 4.69) is 41.8 Å². The molecule has 10 heteroatoms. The van der Waals surface area contributed by atoms with E-state index in [1.165, 1.54) is 28.6 Å². The zero-order chi connectivity index (χ0) is 22.3. The Labute approximate surface area is 189 Å². The maximum absolute atomic E-state index is 12.2. The number of nitrogens with one attached hydrogen (secondary N) is 2. The van der Waals surface area contributed by atoms with Crippen LogP contribution in [0.25, 0.3) is 15.9 Å².